The van der Waals surface area contributed by atoms with Crippen molar-refractivity contribution in [3.8, 4) is 0 Å². The molecule has 1 aliphatic heterocycles. The number of hydrogen-bond donors (Lipinski definition) is 2. The average Bonchev–Trinajstić information content (AvgIpc) is 2.34. The first-order valence-corrected chi connectivity index (χ1v) is 7.92. The van der Waals surface area contributed by atoms with Crippen molar-refractivity contribution in [1.82, 2.24) is 15.5 Å². The minimum Gasteiger partial charge on any atom is -0.358 e. The molecule has 4 nitrogen and oxygen atoms in total. The molecule has 1 amide bonds. The Bertz CT molecular complexity index is 349. The predicted molar refractivity (Wildman–Crippen MR) is 82.6 cm³/mol. The molecule has 2 aliphatic rings. The van der Waals surface area contributed by atoms with Gasteiger partial charge in [0.15, 0.2) is 0 Å². The molecule has 0 bridgehead atoms. The average molecular weight is 281 g/mol. The van der Waals surface area contributed by atoms with Crippen molar-refractivity contribution >= 4 is 5.91 Å². The van der Waals surface area contributed by atoms with Crippen LogP contribution in [0.3, 0.4) is 0 Å². The summed E-state index contributed by atoms with van der Waals surface area (Å²) in [6.45, 7) is 12.2. The number of hydrogen-bond acceptors (Lipinski definition) is 3. The number of carbonyl (C=O) groups excluding carboxylic acids is 1. The second-order valence-electron chi connectivity index (χ2n) is 8.14. The lowest BCUT2D eigenvalue weighted by molar-refractivity contribution is -0.129. The highest BCUT2D eigenvalue weighted by Gasteiger charge is 2.43. The van der Waals surface area contributed by atoms with E-state index in [1.54, 1.807) is 7.05 Å². The standard InChI is InChI=1S/C16H31N3O/c1-15(2)8-12(9-16(3,4)11-15)19-7-6-18-10-13(19)14(20)17-5/h12-13,18H,6-11H2,1-5H3,(H,17,20). The van der Waals surface area contributed by atoms with Gasteiger partial charge in [0.2, 0.25) is 5.91 Å². The topological polar surface area (TPSA) is 44.4 Å². The maximum atomic E-state index is 12.1. The van der Waals surface area contributed by atoms with Gasteiger partial charge >= 0.3 is 0 Å². The van der Waals surface area contributed by atoms with E-state index in [1.807, 2.05) is 0 Å². The van der Waals surface area contributed by atoms with Crippen LogP contribution in [0.25, 0.3) is 0 Å². The highest BCUT2D eigenvalue weighted by Crippen LogP contribution is 2.47. The van der Waals surface area contributed by atoms with Crippen LogP contribution in [0.1, 0.15) is 47.0 Å². The van der Waals surface area contributed by atoms with Crippen LogP contribution in [0.2, 0.25) is 0 Å². The van der Waals surface area contributed by atoms with E-state index in [1.165, 1.54) is 19.3 Å². The van der Waals surface area contributed by atoms with Gasteiger partial charge in [-0.15, -0.1) is 0 Å². The lowest BCUT2D eigenvalue weighted by Crippen LogP contribution is -2.62. The lowest BCUT2D eigenvalue weighted by Gasteiger charge is -2.51. The normalized spacial score (nSPS) is 30.9. The van der Waals surface area contributed by atoms with Crippen LogP contribution in [0.5, 0.6) is 0 Å². The molecule has 1 saturated carbocycles. The van der Waals surface area contributed by atoms with Crippen LogP contribution < -0.4 is 10.6 Å². The highest BCUT2D eigenvalue weighted by molar-refractivity contribution is 5.81. The Kier molecular flexibility index (Phi) is 4.45. The number of carbonyl (C=O) groups is 1. The van der Waals surface area contributed by atoms with E-state index in [2.05, 4.69) is 43.2 Å². The third kappa shape index (κ3) is 3.53. The van der Waals surface area contributed by atoms with Crippen LogP contribution in [0, 0.1) is 10.8 Å². The molecule has 1 heterocycles. The molecule has 2 fully saturated rings. The summed E-state index contributed by atoms with van der Waals surface area (Å²) in [7, 11) is 1.74. The molecule has 20 heavy (non-hydrogen) atoms. The van der Waals surface area contributed by atoms with Gasteiger partial charge in [-0.2, -0.15) is 0 Å². The van der Waals surface area contributed by atoms with Crippen molar-refractivity contribution in [2.24, 2.45) is 10.8 Å². The van der Waals surface area contributed by atoms with Crippen molar-refractivity contribution in [2.75, 3.05) is 26.7 Å². The number of rotatable bonds is 2. The van der Waals surface area contributed by atoms with Crippen LogP contribution >= 0.6 is 0 Å². The minimum absolute atomic E-state index is 0.0107. The minimum atomic E-state index is -0.0107. The molecule has 1 saturated heterocycles. The van der Waals surface area contributed by atoms with Crippen molar-refractivity contribution in [3.63, 3.8) is 0 Å². The fraction of sp³-hybridized carbons (Fsp3) is 0.938. The Hall–Kier alpha value is -0.610. The third-order valence-electron chi connectivity index (χ3n) is 4.84. The number of piperazine rings is 1. The molecule has 0 spiro atoms. The summed E-state index contributed by atoms with van der Waals surface area (Å²) in [4.78, 5) is 14.6. The Morgan fingerprint density at radius 3 is 2.35 bits per heavy atom. The Labute approximate surface area is 123 Å². The zero-order valence-corrected chi connectivity index (χ0v) is 13.8. The molecule has 0 aromatic rings. The molecule has 0 radical (unpaired) electrons. The van der Waals surface area contributed by atoms with Gasteiger partial charge in [0.25, 0.3) is 0 Å². The molecule has 1 atom stereocenters. The van der Waals surface area contributed by atoms with Crippen molar-refractivity contribution in [3.05, 3.63) is 0 Å². The van der Waals surface area contributed by atoms with E-state index in [0.717, 1.165) is 19.6 Å². The molecular weight excluding hydrogens is 250 g/mol. The Morgan fingerprint density at radius 2 is 1.80 bits per heavy atom. The third-order valence-corrected chi connectivity index (χ3v) is 4.84. The number of amides is 1. The molecule has 2 rings (SSSR count). The SMILES string of the molecule is CNC(=O)C1CNCCN1C1CC(C)(C)CC(C)(C)C1. The van der Waals surface area contributed by atoms with E-state index < -0.39 is 0 Å². The highest BCUT2D eigenvalue weighted by atomic mass is 16.2. The molecule has 2 N–H and O–H groups in total. The number of nitrogens with zero attached hydrogens (tertiary/aromatic N) is 1. The van der Waals surface area contributed by atoms with E-state index in [-0.39, 0.29) is 11.9 Å². The Balaban J connectivity index is 2.16. The first kappa shape index (κ1) is 15.8. The van der Waals surface area contributed by atoms with Gasteiger partial charge in [-0.05, 0) is 30.1 Å². The smallest absolute Gasteiger partial charge is 0.238 e. The van der Waals surface area contributed by atoms with Gasteiger partial charge in [-0.25, -0.2) is 0 Å². The number of likely N-dealkylation sites (N-methyl/N-ethyl adjacent to an activating group) is 1. The molecule has 0 aromatic heterocycles. The van der Waals surface area contributed by atoms with Crippen LogP contribution in [-0.2, 0) is 4.79 Å². The second-order valence-corrected chi connectivity index (χ2v) is 8.14. The van der Waals surface area contributed by atoms with Gasteiger partial charge in [0.05, 0.1) is 0 Å². The Morgan fingerprint density at radius 1 is 1.20 bits per heavy atom. The van der Waals surface area contributed by atoms with Crippen molar-refractivity contribution in [2.45, 2.75) is 59.0 Å². The van der Waals surface area contributed by atoms with Gasteiger partial charge in [0.1, 0.15) is 6.04 Å². The summed E-state index contributed by atoms with van der Waals surface area (Å²) >= 11 is 0. The zero-order chi connectivity index (χ0) is 15.0. The number of nitrogens with one attached hydrogen (secondary N) is 2. The first-order chi connectivity index (χ1) is 9.24. The maximum absolute atomic E-state index is 12.1. The molecule has 4 heteroatoms. The summed E-state index contributed by atoms with van der Waals surface area (Å²) < 4.78 is 0. The van der Waals surface area contributed by atoms with E-state index in [4.69, 9.17) is 0 Å². The zero-order valence-electron chi connectivity index (χ0n) is 13.8. The molecular formula is C16H31N3O. The van der Waals surface area contributed by atoms with Gasteiger partial charge < -0.3 is 10.6 Å². The lowest BCUT2D eigenvalue weighted by atomic mass is 9.63. The molecule has 1 unspecified atom stereocenters. The summed E-state index contributed by atoms with van der Waals surface area (Å²) in [5.41, 5.74) is 0.731. The van der Waals surface area contributed by atoms with Crippen molar-refractivity contribution < 1.29 is 4.79 Å². The van der Waals surface area contributed by atoms with Crippen molar-refractivity contribution in [1.29, 1.82) is 0 Å². The molecule has 0 aromatic carbocycles. The first-order valence-electron chi connectivity index (χ1n) is 7.92. The fourth-order valence-electron chi connectivity index (χ4n) is 4.59. The van der Waals surface area contributed by atoms with Crippen LogP contribution in [0.4, 0.5) is 0 Å². The van der Waals surface area contributed by atoms with E-state index >= 15 is 0 Å². The summed E-state index contributed by atoms with van der Waals surface area (Å²) in [6, 6.07) is 0.515. The summed E-state index contributed by atoms with van der Waals surface area (Å²) in [5, 5.41) is 6.18. The van der Waals surface area contributed by atoms with Crippen LogP contribution in [0.15, 0.2) is 0 Å². The van der Waals surface area contributed by atoms with E-state index in [9.17, 15) is 4.79 Å². The van der Waals surface area contributed by atoms with Gasteiger partial charge in [-0.3, -0.25) is 9.69 Å². The molecule has 1 aliphatic carbocycles. The van der Waals surface area contributed by atoms with Gasteiger partial charge in [0, 0.05) is 32.7 Å². The maximum Gasteiger partial charge on any atom is 0.238 e. The van der Waals surface area contributed by atoms with Gasteiger partial charge in [-0.1, -0.05) is 27.7 Å². The van der Waals surface area contributed by atoms with E-state index in [0.29, 0.717) is 16.9 Å². The quantitative estimate of drug-likeness (QED) is 0.808. The second kappa shape index (κ2) is 5.64. The van der Waals surface area contributed by atoms with Crippen LogP contribution in [-0.4, -0.2) is 49.6 Å². The largest absolute Gasteiger partial charge is 0.358 e. The monoisotopic (exact) mass is 281 g/mol. The fourth-order valence-corrected chi connectivity index (χ4v) is 4.59. The summed E-state index contributed by atoms with van der Waals surface area (Å²) in [6.07, 6.45) is 3.67. The predicted octanol–water partition coefficient (Wildman–Crippen LogP) is 1.61. The summed E-state index contributed by atoms with van der Waals surface area (Å²) in [5.74, 6) is 0.151. The molecule has 116 valence electrons.